The molecule has 0 fully saturated rings. The highest BCUT2D eigenvalue weighted by atomic mass is 16.5. The molecule has 3 nitrogen and oxygen atoms in total. The van der Waals surface area contributed by atoms with Gasteiger partial charge in [-0.25, -0.2) is 0 Å². The number of amides is 1. The van der Waals surface area contributed by atoms with Crippen molar-refractivity contribution in [1.29, 1.82) is 0 Å². The summed E-state index contributed by atoms with van der Waals surface area (Å²) in [6.07, 6.45) is 3.32. The summed E-state index contributed by atoms with van der Waals surface area (Å²) in [5, 5.41) is 2.79. The minimum Gasteiger partial charge on any atom is -0.494 e. The van der Waals surface area contributed by atoms with Crippen LogP contribution in [0.3, 0.4) is 0 Å². The van der Waals surface area contributed by atoms with Gasteiger partial charge in [-0.2, -0.15) is 0 Å². The van der Waals surface area contributed by atoms with E-state index in [1.807, 2.05) is 45.0 Å². The van der Waals surface area contributed by atoms with E-state index in [9.17, 15) is 4.79 Å². The van der Waals surface area contributed by atoms with Crippen LogP contribution in [0.1, 0.15) is 26.3 Å². The lowest BCUT2D eigenvalue weighted by Gasteiger charge is -2.04. The highest BCUT2D eigenvalue weighted by Gasteiger charge is 1.97. The number of carbonyl (C=O) groups is 1. The van der Waals surface area contributed by atoms with E-state index in [0.717, 1.165) is 11.3 Å². The van der Waals surface area contributed by atoms with Crippen molar-refractivity contribution in [2.75, 3.05) is 6.61 Å². The van der Waals surface area contributed by atoms with E-state index in [0.29, 0.717) is 6.61 Å². The van der Waals surface area contributed by atoms with Gasteiger partial charge in [-0.15, -0.1) is 0 Å². The lowest BCUT2D eigenvalue weighted by molar-refractivity contribution is -0.116. The van der Waals surface area contributed by atoms with Crippen LogP contribution in [0.2, 0.25) is 0 Å². The molecule has 0 heterocycles. The molecule has 0 saturated carbocycles. The van der Waals surface area contributed by atoms with E-state index < -0.39 is 0 Å². The first-order valence-electron chi connectivity index (χ1n) is 5.83. The summed E-state index contributed by atoms with van der Waals surface area (Å²) >= 11 is 0. The van der Waals surface area contributed by atoms with Crippen molar-refractivity contribution in [3.63, 3.8) is 0 Å². The Labute approximate surface area is 102 Å². The smallest absolute Gasteiger partial charge is 0.244 e. The van der Waals surface area contributed by atoms with Crippen LogP contribution in [0.4, 0.5) is 0 Å². The normalized spacial score (nSPS) is 10.8. The molecule has 1 N–H and O–H groups in total. The molecule has 1 aromatic rings. The van der Waals surface area contributed by atoms with Crippen molar-refractivity contribution in [3.8, 4) is 5.75 Å². The first-order chi connectivity index (χ1) is 8.11. The van der Waals surface area contributed by atoms with Crippen molar-refractivity contribution in [3.05, 3.63) is 35.9 Å². The van der Waals surface area contributed by atoms with Crippen LogP contribution < -0.4 is 10.1 Å². The van der Waals surface area contributed by atoms with E-state index >= 15 is 0 Å². The minimum absolute atomic E-state index is 0.0751. The molecule has 0 aliphatic rings. The fourth-order valence-electron chi connectivity index (χ4n) is 1.35. The van der Waals surface area contributed by atoms with Crippen LogP contribution in [-0.4, -0.2) is 18.6 Å². The van der Waals surface area contributed by atoms with Crippen molar-refractivity contribution in [2.45, 2.75) is 26.8 Å². The lowest BCUT2D eigenvalue weighted by atomic mass is 10.2. The molecule has 17 heavy (non-hydrogen) atoms. The summed E-state index contributed by atoms with van der Waals surface area (Å²) in [4.78, 5) is 11.4. The van der Waals surface area contributed by atoms with Gasteiger partial charge in [-0.3, -0.25) is 4.79 Å². The zero-order valence-corrected chi connectivity index (χ0v) is 10.6. The first kappa shape index (κ1) is 13.3. The maximum Gasteiger partial charge on any atom is 0.244 e. The number of ether oxygens (including phenoxy) is 1. The number of hydrogen-bond acceptors (Lipinski definition) is 2. The van der Waals surface area contributed by atoms with Crippen molar-refractivity contribution in [2.24, 2.45) is 0 Å². The van der Waals surface area contributed by atoms with Crippen molar-refractivity contribution in [1.82, 2.24) is 5.32 Å². The van der Waals surface area contributed by atoms with Crippen LogP contribution in [0, 0.1) is 0 Å². The Morgan fingerprint density at radius 3 is 2.53 bits per heavy atom. The van der Waals surface area contributed by atoms with Crippen LogP contribution >= 0.6 is 0 Å². The maximum atomic E-state index is 11.4. The molecule has 0 aliphatic carbocycles. The van der Waals surface area contributed by atoms with Gasteiger partial charge in [0.2, 0.25) is 5.91 Å². The Hall–Kier alpha value is -1.77. The molecule has 0 spiro atoms. The number of nitrogens with one attached hydrogen (secondary N) is 1. The summed E-state index contributed by atoms with van der Waals surface area (Å²) < 4.78 is 5.34. The van der Waals surface area contributed by atoms with Gasteiger partial charge in [0.15, 0.2) is 0 Å². The lowest BCUT2D eigenvalue weighted by Crippen LogP contribution is -2.28. The largest absolute Gasteiger partial charge is 0.494 e. The van der Waals surface area contributed by atoms with E-state index in [1.165, 1.54) is 6.08 Å². The van der Waals surface area contributed by atoms with Gasteiger partial charge in [0.1, 0.15) is 5.75 Å². The number of hydrogen-bond donors (Lipinski definition) is 1. The second-order valence-corrected chi connectivity index (χ2v) is 4.00. The molecular formula is C14H19NO2. The van der Waals surface area contributed by atoms with Crippen molar-refractivity contribution < 1.29 is 9.53 Å². The van der Waals surface area contributed by atoms with Gasteiger partial charge >= 0.3 is 0 Å². The molecule has 1 rings (SSSR count). The average molecular weight is 233 g/mol. The monoisotopic (exact) mass is 233 g/mol. The number of carbonyl (C=O) groups excluding carboxylic acids is 1. The molecule has 3 heteroatoms. The predicted molar refractivity (Wildman–Crippen MR) is 69.9 cm³/mol. The zero-order valence-electron chi connectivity index (χ0n) is 10.6. The first-order valence-corrected chi connectivity index (χ1v) is 5.83. The Morgan fingerprint density at radius 2 is 2.00 bits per heavy atom. The second kappa shape index (κ2) is 6.74. The standard InChI is InChI=1S/C14H19NO2/c1-4-17-13-8-5-12(6-9-13)7-10-14(16)15-11(2)3/h5-11H,4H2,1-3H3,(H,15,16). The quantitative estimate of drug-likeness (QED) is 0.794. The van der Waals surface area contributed by atoms with Crippen LogP contribution in [0.15, 0.2) is 30.3 Å². The molecule has 92 valence electrons. The summed E-state index contributed by atoms with van der Waals surface area (Å²) in [5.41, 5.74) is 0.979. The molecule has 0 aliphatic heterocycles. The fraction of sp³-hybridized carbons (Fsp3) is 0.357. The summed E-state index contributed by atoms with van der Waals surface area (Å²) in [6.45, 7) is 6.47. The van der Waals surface area contributed by atoms with E-state index in [1.54, 1.807) is 6.08 Å². The zero-order chi connectivity index (χ0) is 12.7. The highest BCUT2D eigenvalue weighted by Crippen LogP contribution is 2.12. The Balaban J connectivity index is 2.56. The van der Waals surface area contributed by atoms with Crippen LogP contribution in [0.5, 0.6) is 5.75 Å². The number of rotatable bonds is 5. The molecular weight excluding hydrogens is 214 g/mol. The molecule has 0 saturated heterocycles. The molecule has 0 aromatic heterocycles. The predicted octanol–water partition coefficient (Wildman–Crippen LogP) is 2.62. The highest BCUT2D eigenvalue weighted by molar-refractivity contribution is 5.91. The molecule has 1 amide bonds. The molecule has 1 aromatic carbocycles. The van der Waals surface area contributed by atoms with Gasteiger partial charge < -0.3 is 10.1 Å². The van der Waals surface area contributed by atoms with Gasteiger partial charge in [-0.05, 0) is 44.5 Å². The summed E-state index contributed by atoms with van der Waals surface area (Å²) in [7, 11) is 0. The van der Waals surface area contributed by atoms with Crippen molar-refractivity contribution >= 4 is 12.0 Å². The fourth-order valence-corrected chi connectivity index (χ4v) is 1.35. The Morgan fingerprint density at radius 1 is 1.35 bits per heavy atom. The Kier molecular flexibility index (Phi) is 5.27. The molecule has 0 unspecified atom stereocenters. The summed E-state index contributed by atoms with van der Waals surface area (Å²) in [6, 6.07) is 7.79. The third kappa shape index (κ3) is 5.20. The van der Waals surface area contributed by atoms with E-state index in [-0.39, 0.29) is 11.9 Å². The Bertz CT molecular complexity index is 380. The topological polar surface area (TPSA) is 38.3 Å². The van der Waals surface area contributed by atoms with Crippen LogP contribution in [0.25, 0.3) is 6.08 Å². The van der Waals surface area contributed by atoms with Crippen LogP contribution in [-0.2, 0) is 4.79 Å². The molecule has 0 radical (unpaired) electrons. The third-order valence-electron chi connectivity index (χ3n) is 2.05. The summed E-state index contributed by atoms with van der Waals surface area (Å²) in [5.74, 6) is 0.769. The molecule has 0 atom stereocenters. The van der Waals surface area contributed by atoms with Gasteiger partial charge in [0.05, 0.1) is 6.61 Å². The van der Waals surface area contributed by atoms with E-state index in [2.05, 4.69) is 5.32 Å². The van der Waals surface area contributed by atoms with E-state index in [4.69, 9.17) is 4.74 Å². The molecule has 0 bridgehead atoms. The third-order valence-corrected chi connectivity index (χ3v) is 2.05. The number of benzene rings is 1. The SMILES string of the molecule is CCOc1ccc(C=CC(=O)NC(C)C)cc1. The van der Waals surface area contributed by atoms with Gasteiger partial charge in [0, 0.05) is 12.1 Å². The average Bonchev–Trinajstić information content (AvgIpc) is 2.28. The van der Waals surface area contributed by atoms with Gasteiger partial charge in [0.25, 0.3) is 0 Å². The second-order valence-electron chi connectivity index (χ2n) is 4.00. The van der Waals surface area contributed by atoms with Gasteiger partial charge in [-0.1, -0.05) is 12.1 Å². The minimum atomic E-state index is -0.0751. The maximum absolute atomic E-state index is 11.4.